The monoisotopic (exact) mass is 358 g/mol. The number of tetrazole rings is 1. The van der Waals surface area contributed by atoms with E-state index in [0.717, 1.165) is 55.0 Å². The molecule has 0 unspecified atom stereocenters. The predicted molar refractivity (Wildman–Crippen MR) is 94.2 cm³/mol. The van der Waals surface area contributed by atoms with Gasteiger partial charge in [-0.1, -0.05) is 23.7 Å². The Morgan fingerprint density at radius 1 is 1.24 bits per heavy atom. The normalized spacial score (nSPS) is 13.5. The highest BCUT2D eigenvalue weighted by Crippen LogP contribution is 2.17. The van der Waals surface area contributed by atoms with Crippen molar-refractivity contribution in [1.29, 1.82) is 0 Å². The van der Waals surface area contributed by atoms with Gasteiger partial charge in [-0.2, -0.15) is 0 Å². The van der Waals surface area contributed by atoms with Gasteiger partial charge in [0.05, 0.1) is 18.7 Å². The fourth-order valence-corrected chi connectivity index (χ4v) is 3.22. The third-order valence-electron chi connectivity index (χ3n) is 4.25. The lowest BCUT2D eigenvalue weighted by Gasteiger charge is -2.16. The molecule has 2 aromatic heterocycles. The third-order valence-corrected chi connectivity index (χ3v) is 4.48. The average Bonchev–Trinajstić information content (AvgIpc) is 3.23. The molecule has 1 aliphatic heterocycles. The van der Waals surface area contributed by atoms with Crippen LogP contribution in [-0.4, -0.2) is 36.4 Å². The number of nitrogens with one attached hydrogen (secondary N) is 2. The number of fused-ring (bicyclic) bond motifs is 1. The minimum absolute atomic E-state index is 0.669. The van der Waals surface area contributed by atoms with E-state index in [1.165, 1.54) is 5.69 Å². The van der Waals surface area contributed by atoms with E-state index in [1.807, 2.05) is 35.3 Å². The summed E-state index contributed by atoms with van der Waals surface area (Å²) in [4.78, 5) is 4.41. The highest BCUT2D eigenvalue weighted by atomic mass is 35.5. The van der Waals surface area contributed by atoms with Gasteiger partial charge in [0.15, 0.2) is 5.82 Å². The number of hydrogen-bond donors (Lipinski definition) is 2. The summed E-state index contributed by atoms with van der Waals surface area (Å²) in [5, 5.41) is 19.3. The van der Waals surface area contributed by atoms with Gasteiger partial charge >= 0.3 is 0 Å². The van der Waals surface area contributed by atoms with Gasteiger partial charge in [-0.15, -0.1) is 5.10 Å². The first kappa shape index (κ1) is 16.0. The molecule has 0 radical (unpaired) electrons. The number of halogens is 1. The van der Waals surface area contributed by atoms with E-state index < -0.39 is 0 Å². The lowest BCUT2D eigenvalue weighted by atomic mass is 10.1. The third kappa shape index (κ3) is 3.64. The van der Waals surface area contributed by atoms with Crippen LogP contribution in [0.2, 0.25) is 5.02 Å². The van der Waals surface area contributed by atoms with Crippen molar-refractivity contribution in [2.24, 2.45) is 0 Å². The second-order valence-corrected chi connectivity index (χ2v) is 6.43. The maximum atomic E-state index is 6.05. The molecule has 4 rings (SSSR count). The van der Waals surface area contributed by atoms with Crippen molar-refractivity contribution in [2.45, 2.75) is 32.5 Å². The lowest BCUT2D eigenvalue weighted by Crippen LogP contribution is -2.28. The van der Waals surface area contributed by atoms with Crippen molar-refractivity contribution in [1.82, 2.24) is 35.1 Å². The fourth-order valence-electron chi connectivity index (χ4n) is 3.00. The van der Waals surface area contributed by atoms with Crippen molar-refractivity contribution in [3.63, 3.8) is 0 Å². The number of benzene rings is 1. The molecule has 0 amide bonds. The van der Waals surface area contributed by atoms with Gasteiger partial charge in [-0.25, -0.2) is 9.67 Å². The molecule has 0 bridgehead atoms. The van der Waals surface area contributed by atoms with Gasteiger partial charge in [0, 0.05) is 31.1 Å². The molecule has 0 saturated heterocycles. The van der Waals surface area contributed by atoms with Gasteiger partial charge < -0.3 is 9.88 Å². The van der Waals surface area contributed by atoms with Crippen LogP contribution in [0.4, 0.5) is 5.82 Å². The van der Waals surface area contributed by atoms with Crippen LogP contribution in [0, 0.1) is 0 Å². The molecule has 130 valence electrons. The van der Waals surface area contributed by atoms with Crippen LogP contribution in [-0.2, 0) is 26.1 Å². The number of rotatable bonds is 6. The lowest BCUT2D eigenvalue weighted by molar-refractivity contribution is 0.492. The summed E-state index contributed by atoms with van der Waals surface area (Å²) >= 11 is 6.05. The number of anilines is 1. The summed E-state index contributed by atoms with van der Waals surface area (Å²) in [7, 11) is 0. The summed E-state index contributed by atoms with van der Waals surface area (Å²) in [6.45, 7) is 3.24. The van der Waals surface area contributed by atoms with Crippen molar-refractivity contribution < 1.29 is 0 Å². The molecule has 2 N–H and O–H groups in total. The largest absolute Gasteiger partial charge is 0.356 e. The molecular weight excluding hydrogens is 340 g/mol. The zero-order chi connectivity index (χ0) is 17.1. The standard InChI is InChI=1S/C16H19ClN8/c17-13-4-1-3-12(7-13)8-15-21-22-23-25(15)6-2-5-24-11-20-16-14(24)9-18-10-19-16/h1,3-4,7,11,18-19H,2,5-6,8-10H2. The highest BCUT2D eigenvalue weighted by Gasteiger charge is 2.14. The summed E-state index contributed by atoms with van der Waals surface area (Å²) in [6.07, 6.45) is 3.48. The van der Waals surface area contributed by atoms with Gasteiger partial charge in [0.2, 0.25) is 0 Å². The molecule has 0 fully saturated rings. The molecule has 1 aromatic carbocycles. The van der Waals surface area contributed by atoms with Crippen LogP contribution >= 0.6 is 11.6 Å². The van der Waals surface area contributed by atoms with Crippen LogP contribution in [0.15, 0.2) is 30.6 Å². The minimum atomic E-state index is 0.669. The Morgan fingerprint density at radius 3 is 3.12 bits per heavy atom. The fraction of sp³-hybridized carbons (Fsp3) is 0.375. The highest BCUT2D eigenvalue weighted by molar-refractivity contribution is 6.30. The van der Waals surface area contributed by atoms with Crippen LogP contribution in [0.3, 0.4) is 0 Å². The molecule has 25 heavy (non-hydrogen) atoms. The predicted octanol–water partition coefficient (Wildman–Crippen LogP) is 1.68. The molecule has 1 aliphatic rings. The molecule has 0 saturated carbocycles. The number of imidazole rings is 1. The maximum Gasteiger partial charge on any atom is 0.155 e. The van der Waals surface area contributed by atoms with E-state index in [9.17, 15) is 0 Å². The topological polar surface area (TPSA) is 85.5 Å². The number of aromatic nitrogens is 6. The first-order valence-corrected chi connectivity index (χ1v) is 8.65. The van der Waals surface area contributed by atoms with Crippen LogP contribution in [0.1, 0.15) is 23.5 Å². The van der Waals surface area contributed by atoms with Gasteiger partial charge in [0.1, 0.15) is 5.82 Å². The summed E-state index contributed by atoms with van der Waals surface area (Å²) in [5.74, 6) is 1.82. The number of hydrogen-bond acceptors (Lipinski definition) is 6. The Bertz CT molecular complexity index is 855. The van der Waals surface area contributed by atoms with Crippen molar-refractivity contribution >= 4 is 17.4 Å². The van der Waals surface area contributed by atoms with Crippen LogP contribution < -0.4 is 10.6 Å². The molecule has 8 nitrogen and oxygen atoms in total. The molecule has 3 heterocycles. The van der Waals surface area contributed by atoms with E-state index in [0.29, 0.717) is 6.42 Å². The Morgan fingerprint density at radius 2 is 2.20 bits per heavy atom. The smallest absolute Gasteiger partial charge is 0.155 e. The Hall–Kier alpha value is -2.45. The maximum absolute atomic E-state index is 6.05. The van der Waals surface area contributed by atoms with Crippen molar-refractivity contribution in [3.05, 3.63) is 52.7 Å². The Labute approximate surface area is 150 Å². The summed E-state index contributed by atoms with van der Waals surface area (Å²) < 4.78 is 4.04. The van der Waals surface area contributed by atoms with Gasteiger partial charge in [0.25, 0.3) is 0 Å². The van der Waals surface area contributed by atoms with Gasteiger partial charge in [-0.05, 0) is 34.5 Å². The number of aryl methyl sites for hydroxylation is 2. The average molecular weight is 359 g/mol. The molecule has 0 atom stereocenters. The summed E-state index contributed by atoms with van der Waals surface area (Å²) in [5.41, 5.74) is 2.30. The molecule has 3 aromatic rings. The molecular formula is C16H19ClN8. The van der Waals surface area contributed by atoms with E-state index in [1.54, 1.807) is 0 Å². The SMILES string of the molecule is Clc1cccc(Cc2nnnn2CCCn2cnc3c2CNCN3)c1. The van der Waals surface area contributed by atoms with E-state index >= 15 is 0 Å². The first-order valence-electron chi connectivity index (χ1n) is 8.27. The zero-order valence-corrected chi connectivity index (χ0v) is 14.4. The van der Waals surface area contributed by atoms with E-state index in [4.69, 9.17) is 11.6 Å². The summed E-state index contributed by atoms with van der Waals surface area (Å²) in [6, 6.07) is 7.78. The Kier molecular flexibility index (Phi) is 4.62. The molecule has 9 heteroatoms. The van der Waals surface area contributed by atoms with Crippen molar-refractivity contribution in [3.8, 4) is 0 Å². The second-order valence-electron chi connectivity index (χ2n) is 5.99. The van der Waals surface area contributed by atoms with Crippen LogP contribution in [0.25, 0.3) is 0 Å². The Balaban J connectivity index is 1.38. The van der Waals surface area contributed by atoms with Gasteiger partial charge in [-0.3, -0.25) is 5.32 Å². The number of nitrogens with zero attached hydrogens (tertiary/aromatic N) is 6. The zero-order valence-electron chi connectivity index (χ0n) is 13.7. The van der Waals surface area contributed by atoms with Crippen LogP contribution in [0.5, 0.6) is 0 Å². The first-order chi connectivity index (χ1) is 12.3. The van der Waals surface area contributed by atoms with E-state index in [-0.39, 0.29) is 0 Å². The second kappa shape index (κ2) is 7.20. The molecule has 0 aliphatic carbocycles. The minimum Gasteiger partial charge on any atom is -0.356 e. The molecule has 0 spiro atoms. The van der Waals surface area contributed by atoms with Crippen molar-refractivity contribution in [2.75, 3.05) is 12.0 Å². The quantitative estimate of drug-likeness (QED) is 0.697. The van der Waals surface area contributed by atoms with E-state index in [2.05, 4.69) is 35.7 Å².